The predicted molar refractivity (Wildman–Crippen MR) is 128 cm³/mol. The van der Waals surface area contributed by atoms with E-state index in [2.05, 4.69) is 5.32 Å². The molecule has 4 rings (SSSR count). The summed E-state index contributed by atoms with van der Waals surface area (Å²) < 4.78 is 4.82. The van der Waals surface area contributed by atoms with Crippen LogP contribution in [0.15, 0.2) is 60.7 Å². The van der Waals surface area contributed by atoms with Gasteiger partial charge in [-0.3, -0.25) is 14.4 Å². The lowest BCUT2D eigenvalue weighted by Crippen LogP contribution is -2.70. The largest absolute Gasteiger partial charge is 0.443 e. The highest BCUT2D eigenvalue weighted by Crippen LogP contribution is 2.51. The number of esters is 1. The number of amides is 3. The van der Waals surface area contributed by atoms with Crippen LogP contribution in [0.1, 0.15) is 29.8 Å². The van der Waals surface area contributed by atoms with E-state index in [1.54, 1.807) is 31.3 Å². The normalized spacial score (nSPS) is 22.4. The molecule has 0 saturated carbocycles. The minimum absolute atomic E-state index is 0.179. The minimum atomic E-state index is -0.808. The van der Waals surface area contributed by atoms with Crippen molar-refractivity contribution in [2.24, 2.45) is 0 Å². The molecule has 0 aliphatic carbocycles. The van der Waals surface area contributed by atoms with Gasteiger partial charge in [-0.2, -0.15) is 0 Å². The van der Waals surface area contributed by atoms with E-state index >= 15 is 0 Å². The van der Waals surface area contributed by atoms with Crippen LogP contribution in [-0.4, -0.2) is 69.5 Å². The molecule has 2 aromatic rings. The van der Waals surface area contributed by atoms with E-state index in [9.17, 15) is 19.2 Å². The van der Waals surface area contributed by atoms with Crippen molar-refractivity contribution in [1.82, 2.24) is 15.1 Å². The van der Waals surface area contributed by atoms with E-state index in [0.717, 1.165) is 5.56 Å². The number of nitrogens with zero attached hydrogens (tertiary/aromatic N) is 2. The molecule has 2 aliphatic heterocycles. The lowest BCUT2D eigenvalue weighted by molar-refractivity contribution is -0.166. The number of ether oxygens (including phenoxy) is 1. The molecule has 1 unspecified atom stereocenters. The first-order valence-corrected chi connectivity index (χ1v) is 11.9. The summed E-state index contributed by atoms with van der Waals surface area (Å²) in [6, 6.07) is 16.5. The summed E-state index contributed by atoms with van der Waals surface area (Å²) in [6.07, 6.45) is 0.179. The van der Waals surface area contributed by atoms with E-state index < -0.39 is 22.8 Å². The van der Waals surface area contributed by atoms with Gasteiger partial charge in [0.05, 0.1) is 6.42 Å². The highest BCUT2D eigenvalue weighted by molar-refractivity contribution is 8.01. The van der Waals surface area contributed by atoms with Crippen LogP contribution in [0.3, 0.4) is 0 Å². The van der Waals surface area contributed by atoms with Gasteiger partial charge in [0.15, 0.2) is 6.73 Å². The Hall–Kier alpha value is -3.33. The maximum absolute atomic E-state index is 13.0. The van der Waals surface area contributed by atoms with Crippen molar-refractivity contribution in [1.29, 1.82) is 0 Å². The topological polar surface area (TPSA) is 96.0 Å². The summed E-state index contributed by atoms with van der Waals surface area (Å²) in [5, 5.41) is 2.47. The van der Waals surface area contributed by atoms with Crippen molar-refractivity contribution >= 4 is 35.5 Å². The van der Waals surface area contributed by atoms with Crippen LogP contribution in [0.5, 0.6) is 0 Å². The zero-order chi connectivity index (χ0) is 24.5. The number of carbonyl (C=O) groups is 4. The van der Waals surface area contributed by atoms with Gasteiger partial charge in [0.25, 0.3) is 5.91 Å². The molecule has 0 radical (unpaired) electrons. The van der Waals surface area contributed by atoms with E-state index in [4.69, 9.17) is 4.74 Å². The molecule has 0 spiro atoms. The average Bonchev–Trinajstić information content (AvgIpc) is 3.09. The zero-order valence-electron chi connectivity index (χ0n) is 19.3. The molecule has 2 aliphatic rings. The maximum atomic E-state index is 13.0. The second kappa shape index (κ2) is 9.50. The first kappa shape index (κ1) is 23.8. The summed E-state index contributed by atoms with van der Waals surface area (Å²) in [5.74, 6) is -1.39. The number of nitrogens with one attached hydrogen (secondary N) is 1. The molecule has 0 aromatic heterocycles. The number of hydrogen-bond donors (Lipinski definition) is 1. The first-order valence-electron chi connectivity index (χ1n) is 11.0. The van der Waals surface area contributed by atoms with Crippen LogP contribution in [0.2, 0.25) is 0 Å². The Labute approximate surface area is 202 Å². The molecule has 2 aromatic carbocycles. The third-order valence-electron chi connectivity index (χ3n) is 5.96. The second-order valence-corrected chi connectivity index (χ2v) is 10.7. The van der Waals surface area contributed by atoms with Crippen LogP contribution >= 0.6 is 11.8 Å². The fraction of sp³-hybridized carbons (Fsp3) is 0.360. The third kappa shape index (κ3) is 4.65. The SMILES string of the molecule is CN(COC(=O)[C@@H]1N2C(=O)[C@@H](NC(=O)Cc3ccccc3)C2SC1(C)C)C(=O)c1ccccc1. The summed E-state index contributed by atoms with van der Waals surface area (Å²) >= 11 is 1.46. The minimum Gasteiger partial charge on any atom is -0.443 e. The second-order valence-electron chi connectivity index (χ2n) is 8.93. The Morgan fingerprint density at radius 1 is 1.06 bits per heavy atom. The molecule has 2 saturated heterocycles. The van der Waals surface area contributed by atoms with Crippen LogP contribution in [-0.2, 0) is 25.5 Å². The molecule has 9 heteroatoms. The molecular formula is C25H27N3O5S. The van der Waals surface area contributed by atoms with E-state index in [0.29, 0.717) is 5.56 Å². The summed E-state index contributed by atoms with van der Waals surface area (Å²) in [7, 11) is 1.55. The summed E-state index contributed by atoms with van der Waals surface area (Å²) in [6.45, 7) is 3.52. The fourth-order valence-corrected chi connectivity index (χ4v) is 5.85. The standard InChI is InChI=1S/C25H27N3O5S/c1-25(2)20(24(32)33-15-27(3)21(30)17-12-8-5-9-13-17)28-22(31)19(23(28)34-25)26-18(29)14-16-10-6-4-7-11-16/h4-13,19-20,23H,14-15H2,1-3H3,(H,26,29)/t19-,20+,23?/m1/s1. The Balaban J connectivity index is 1.35. The van der Waals surface area contributed by atoms with E-state index in [1.165, 1.54) is 21.6 Å². The molecule has 34 heavy (non-hydrogen) atoms. The molecular weight excluding hydrogens is 454 g/mol. The van der Waals surface area contributed by atoms with Gasteiger partial charge in [0, 0.05) is 17.4 Å². The summed E-state index contributed by atoms with van der Waals surface area (Å²) in [5.41, 5.74) is 1.35. The molecule has 3 amide bonds. The number of thioether (sulfide) groups is 1. The van der Waals surface area contributed by atoms with Gasteiger partial charge in [0.2, 0.25) is 11.8 Å². The van der Waals surface area contributed by atoms with Crippen LogP contribution in [0, 0.1) is 0 Å². The maximum Gasteiger partial charge on any atom is 0.332 e. The van der Waals surface area contributed by atoms with Gasteiger partial charge < -0.3 is 19.9 Å². The van der Waals surface area contributed by atoms with Gasteiger partial charge in [-0.1, -0.05) is 48.5 Å². The van der Waals surface area contributed by atoms with Gasteiger partial charge in [-0.15, -0.1) is 11.8 Å². The predicted octanol–water partition coefficient (Wildman–Crippen LogP) is 2.05. The van der Waals surface area contributed by atoms with Gasteiger partial charge in [0.1, 0.15) is 17.5 Å². The number of fused-ring (bicyclic) bond motifs is 1. The van der Waals surface area contributed by atoms with Crippen molar-refractivity contribution in [3.63, 3.8) is 0 Å². The first-order chi connectivity index (χ1) is 16.2. The molecule has 2 heterocycles. The smallest absolute Gasteiger partial charge is 0.332 e. The van der Waals surface area contributed by atoms with E-state index in [1.807, 2.05) is 50.2 Å². The highest BCUT2D eigenvalue weighted by Gasteiger charge is 2.64. The van der Waals surface area contributed by atoms with Crippen molar-refractivity contribution < 1.29 is 23.9 Å². The highest BCUT2D eigenvalue weighted by atomic mass is 32.2. The molecule has 2 fully saturated rings. The average molecular weight is 482 g/mol. The van der Waals surface area contributed by atoms with Crippen LogP contribution < -0.4 is 5.32 Å². The Morgan fingerprint density at radius 2 is 1.68 bits per heavy atom. The molecule has 3 atom stereocenters. The number of rotatable bonds is 7. The molecule has 1 N–H and O–H groups in total. The van der Waals surface area contributed by atoms with Crippen molar-refractivity contribution in [2.45, 2.75) is 42.5 Å². The van der Waals surface area contributed by atoms with Gasteiger partial charge in [-0.25, -0.2) is 4.79 Å². The number of hydrogen-bond acceptors (Lipinski definition) is 6. The van der Waals surface area contributed by atoms with Crippen molar-refractivity contribution in [3.8, 4) is 0 Å². The molecule has 8 nitrogen and oxygen atoms in total. The van der Waals surface area contributed by atoms with Gasteiger partial charge >= 0.3 is 5.97 Å². The van der Waals surface area contributed by atoms with Crippen molar-refractivity contribution in [2.75, 3.05) is 13.8 Å². The monoisotopic (exact) mass is 481 g/mol. The quantitative estimate of drug-likeness (QED) is 0.370. The molecule has 0 bridgehead atoms. The van der Waals surface area contributed by atoms with E-state index in [-0.39, 0.29) is 36.2 Å². The van der Waals surface area contributed by atoms with Crippen molar-refractivity contribution in [3.05, 3.63) is 71.8 Å². The lowest BCUT2D eigenvalue weighted by Gasteiger charge is -2.44. The lowest BCUT2D eigenvalue weighted by atomic mass is 9.96. The Morgan fingerprint density at radius 3 is 2.32 bits per heavy atom. The number of β-lactam (4-membered cyclic amide) rings is 1. The molecule has 178 valence electrons. The Bertz CT molecular complexity index is 1090. The number of carbonyl (C=O) groups excluding carboxylic acids is 4. The van der Waals surface area contributed by atoms with Crippen LogP contribution in [0.25, 0.3) is 0 Å². The summed E-state index contributed by atoms with van der Waals surface area (Å²) in [4.78, 5) is 53.6. The third-order valence-corrected chi connectivity index (χ3v) is 7.53. The van der Waals surface area contributed by atoms with Gasteiger partial charge in [-0.05, 0) is 31.5 Å². The Kier molecular flexibility index (Phi) is 6.65. The number of benzene rings is 2. The fourth-order valence-electron chi connectivity index (χ4n) is 4.23. The zero-order valence-corrected chi connectivity index (χ0v) is 20.1. The van der Waals surface area contributed by atoms with Crippen LogP contribution in [0.4, 0.5) is 0 Å².